The second kappa shape index (κ2) is 5.66. The number of hydrogen-bond acceptors (Lipinski definition) is 5. The summed E-state index contributed by atoms with van der Waals surface area (Å²) in [6.45, 7) is 0. The molecule has 1 amide bonds. The van der Waals surface area contributed by atoms with Crippen LogP contribution in [0.4, 0.5) is 0 Å². The first kappa shape index (κ1) is 14.0. The lowest BCUT2D eigenvalue weighted by Gasteiger charge is -2.34. The summed E-state index contributed by atoms with van der Waals surface area (Å²) >= 11 is 0.859. The van der Waals surface area contributed by atoms with E-state index >= 15 is 0 Å². The van der Waals surface area contributed by atoms with Crippen molar-refractivity contribution < 1.29 is 19.8 Å². The van der Waals surface area contributed by atoms with E-state index in [0.29, 0.717) is 6.42 Å². The Kier molecular flexibility index (Phi) is 4.16. The zero-order valence-corrected chi connectivity index (χ0v) is 11.4. The minimum absolute atomic E-state index is 0.0963. The molecule has 1 aliphatic rings. The number of hydrogen-bond donors (Lipinski definition) is 2. The number of aromatic nitrogens is 1. The molecule has 2 atom stereocenters. The van der Waals surface area contributed by atoms with Gasteiger partial charge in [0.1, 0.15) is 4.88 Å². The van der Waals surface area contributed by atoms with Crippen molar-refractivity contribution in [3.8, 4) is 0 Å². The van der Waals surface area contributed by atoms with Crippen molar-refractivity contribution in [3.63, 3.8) is 0 Å². The number of carbonyl (C=O) groups excluding carboxylic acids is 1. The van der Waals surface area contributed by atoms with Gasteiger partial charge in [0.25, 0.3) is 5.91 Å². The summed E-state index contributed by atoms with van der Waals surface area (Å²) in [5.74, 6) is -1.42. The molecular weight excluding hydrogens is 268 g/mol. The van der Waals surface area contributed by atoms with Gasteiger partial charge in [0.2, 0.25) is 5.01 Å². The smallest absolute Gasteiger partial charge is 0.365 e. The Bertz CT molecular complexity index is 488. The summed E-state index contributed by atoms with van der Waals surface area (Å²) in [6.07, 6.45) is 4.21. The first-order valence-electron chi connectivity index (χ1n) is 6.15. The zero-order chi connectivity index (χ0) is 14.0. The van der Waals surface area contributed by atoms with E-state index < -0.39 is 12.1 Å². The van der Waals surface area contributed by atoms with Crippen LogP contribution in [-0.4, -0.2) is 51.2 Å². The Morgan fingerprint density at radius 1 is 1.42 bits per heavy atom. The third-order valence-electron chi connectivity index (χ3n) is 3.41. The SMILES string of the molecule is CN(C(=O)c1cnc(C(=O)O)s1)C1CCCCC1O. The van der Waals surface area contributed by atoms with Gasteiger partial charge >= 0.3 is 5.97 Å². The summed E-state index contributed by atoms with van der Waals surface area (Å²) in [5.41, 5.74) is 0. The molecule has 104 valence electrons. The van der Waals surface area contributed by atoms with Crippen LogP contribution in [0.2, 0.25) is 0 Å². The van der Waals surface area contributed by atoms with E-state index in [-0.39, 0.29) is 21.8 Å². The highest BCUT2D eigenvalue weighted by Crippen LogP contribution is 2.24. The molecule has 0 aliphatic heterocycles. The highest BCUT2D eigenvalue weighted by Gasteiger charge is 2.30. The monoisotopic (exact) mass is 284 g/mol. The number of likely N-dealkylation sites (N-methyl/N-ethyl adjacent to an activating group) is 1. The van der Waals surface area contributed by atoms with Crippen molar-refractivity contribution in [3.05, 3.63) is 16.1 Å². The van der Waals surface area contributed by atoms with Crippen molar-refractivity contribution in [2.24, 2.45) is 0 Å². The Hall–Kier alpha value is -1.47. The number of thiazole rings is 1. The van der Waals surface area contributed by atoms with Crippen LogP contribution in [0, 0.1) is 0 Å². The van der Waals surface area contributed by atoms with Gasteiger partial charge in [-0.3, -0.25) is 4.79 Å². The molecule has 0 saturated heterocycles. The van der Waals surface area contributed by atoms with Crippen LogP contribution >= 0.6 is 11.3 Å². The standard InChI is InChI=1S/C12H16N2O4S/c1-14(7-4-2-3-5-8(7)15)11(16)9-6-13-10(19-9)12(17)18/h6-8,15H,2-5H2,1H3,(H,17,18). The minimum Gasteiger partial charge on any atom is -0.476 e. The van der Waals surface area contributed by atoms with Crippen molar-refractivity contribution in [2.75, 3.05) is 7.05 Å². The van der Waals surface area contributed by atoms with Gasteiger partial charge in [-0.05, 0) is 12.8 Å². The second-order valence-corrected chi connectivity index (χ2v) is 5.70. The molecule has 0 spiro atoms. The number of carboxylic acid groups (broad SMARTS) is 1. The zero-order valence-electron chi connectivity index (χ0n) is 10.6. The number of aliphatic hydroxyl groups excluding tert-OH is 1. The maximum Gasteiger partial charge on any atom is 0.365 e. The van der Waals surface area contributed by atoms with E-state index in [0.717, 1.165) is 30.6 Å². The quantitative estimate of drug-likeness (QED) is 0.870. The van der Waals surface area contributed by atoms with E-state index in [1.165, 1.54) is 11.1 Å². The maximum atomic E-state index is 12.2. The maximum absolute atomic E-state index is 12.2. The van der Waals surface area contributed by atoms with Crippen molar-refractivity contribution in [2.45, 2.75) is 37.8 Å². The Balaban J connectivity index is 2.11. The Morgan fingerprint density at radius 2 is 2.11 bits per heavy atom. The largest absolute Gasteiger partial charge is 0.476 e. The molecule has 0 bridgehead atoms. The summed E-state index contributed by atoms with van der Waals surface area (Å²) in [5, 5.41) is 18.6. The summed E-state index contributed by atoms with van der Waals surface area (Å²) in [4.78, 5) is 28.4. The fraction of sp³-hybridized carbons (Fsp3) is 0.583. The highest BCUT2D eigenvalue weighted by atomic mass is 32.1. The van der Waals surface area contributed by atoms with E-state index in [2.05, 4.69) is 4.98 Å². The summed E-state index contributed by atoms with van der Waals surface area (Å²) in [7, 11) is 1.64. The van der Waals surface area contributed by atoms with Gasteiger partial charge < -0.3 is 15.1 Å². The Morgan fingerprint density at radius 3 is 2.68 bits per heavy atom. The van der Waals surface area contributed by atoms with Crippen LogP contribution in [0.1, 0.15) is 45.2 Å². The number of rotatable bonds is 3. The van der Waals surface area contributed by atoms with Crippen LogP contribution < -0.4 is 0 Å². The topological polar surface area (TPSA) is 90.7 Å². The van der Waals surface area contributed by atoms with Gasteiger partial charge in [0, 0.05) is 7.05 Å². The molecule has 2 unspecified atom stereocenters. The van der Waals surface area contributed by atoms with Crippen LogP contribution in [-0.2, 0) is 0 Å². The molecule has 1 aliphatic carbocycles. The average molecular weight is 284 g/mol. The first-order chi connectivity index (χ1) is 9.00. The van der Waals surface area contributed by atoms with E-state index in [1.54, 1.807) is 7.05 Å². The van der Waals surface area contributed by atoms with Crippen LogP contribution in [0.25, 0.3) is 0 Å². The van der Waals surface area contributed by atoms with Crippen molar-refractivity contribution >= 4 is 23.2 Å². The normalized spacial score (nSPS) is 23.1. The van der Waals surface area contributed by atoms with E-state index in [1.807, 2.05) is 0 Å². The van der Waals surface area contributed by atoms with Crippen molar-refractivity contribution in [1.82, 2.24) is 9.88 Å². The molecule has 2 rings (SSSR count). The molecule has 7 heteroatoms. The molecule has 1 aromatic heterocycles. The number of carboxylic acids is 1. The van der Waals surface area contributed by atoms with Gasteiger partial charge in [0.05, 0.1) is 18.3 Å². The number of carbonyl (C=O) groups is 2. The molecular formula is C12H16N2O4S. The predicted octanol–water partition coefficient (Wildman–Crippen LogP) is 1.22. The molecule has 1 fully saturated rings. The van der Waals surface area contributed by atoms with Gasteiger partial charge in [0.15, 0.2) is 0 Å². The molecule has 0 aromatic carbocycles. The molecule has 1 heterocycles. The van der Waals surface area contributed by atoms with Crippen molar-refractivity contribution in [1.29, 1.82) is 0 Å². The first-order valence-corrected chi connectivity index (χ1v) is 6.96. The molecule has 6 nitrogen and oxygen atoms in total. The van der Waals surface area contributed by atoms with E-state index in [9.17, 15) is 14.7 Å². The number of amides is 1. The van der Waals surface area contributed by atoms with Crippen LogP contribution in [0.15, 0.2) is 6.20 Å². The fourth-order valence-electron chi connectivity index (χ4n) is 2.34. The number of aliphatic hydroxyl groups is 1. The third-order valence-corrected chi connectivity index (χ3v) is 4.38. The lowest BCUT2D eigenvalue weighted by atomic mass is 9.91. The molecule has 1 saturated carbocycles. The van der Waals surface area contributed by atoms with Gasteiger partial charge in [-0.2, -0.15) is 0 Å². The van der Waals surface area contributed by atoms with Gasteiger partial charge in [-0.25, -0.2) is 9.78 Å². The van der Waals surface area contributed by atoms with Crippen LogP contribution in [0.5, 0.6) is 0 Å². The van der Waals surface area contributed by atoms with E-state index in [4.69, 9.17) is 5.11 Å². The van der Waals surface area contributed by atoms with Gasteiger partial charge in [-0.15, -0.1) is 11.3 Å². The number of nitrogens with zero attached hydrogens (tertiary/aromatic N) is 2. The Labute approximate surface area is 114 Å². The van der Waals surface area contributed by atoms with Crippen LogP contribution in [0.3, 0.4) is 0 Å². The summed E-state index contributed by atoms with van der Waals surface area (Å²) in [6, 6.07) is -0.198. The minimum atomic E-state index is -1.13. The van der Waals surface area contributed by atoms with Gasteiger partial charge in [-0.1, -0.05) is 12.8 Å². The molecule has 19 heavy (non-hydrogen) atoms. The lowest BCUT2D eigenvalue weighted by Crippen LogP contribution is -2.46. The highest BCUT2D eigenvalue weighted by molar-refractivity contribution is 7.15. The third kappa shape index (κ3) is 2.93. The summed E-state index contributed by atoms with van der Waals surface area (Å²) < 4.78 is 0. The lowest BCUT2D eigenvalue weighted by molar-refractivity contribution is 0.0271. The predicted molar refractivity (Wildman–Crippen MR) is 69.4 cm³/mol. The molecule has 1 aromatic rings. The molecule has 0 radical (unpaired) electrons. The number of aromatic carboxylic acids is 1. The second-order valence-electron chi connectivity index (χ2n) is 4.67. The fourth-order valence-corrected chi connectivity index (χ4v) is 3.08. The average Bonchev–Trinajstić information content (AvgIpc) is 2.87. The molecule has 2 N–H and O–H groups in total.